The van der Waals surface area contributed by atoms with E-state index in [1.807, 2.05) is 45.2 Å². The summed E-state index contributed by atoms with van der Waals surface area (Å²) in [6, 6.07) is 18.7. The molecule has 0 aliphatic heterocycles. The molecule has 1 amide bonds. The summed E-state index contributed by atoms with van der Waals surface area (Å²) >= 11 is 0. The van der Waals surface area contributed by atoms with Gasteiger partial charge >= 0.3 is 6.09 Å². The molecule has 0 bridgehead atoms. The molecule has 0 saturated heterocycles. The summed E-state index contributed by atoms with van der Waals surface area (Å²) in [6.07, 6.45) is 2.05. The number of hydrogen-bond acceptors (Lipinski definition) is 3. The van der Waals surface area contributed by atoms with E-state index in [1.165, 1.54) is 11.1 Å². The molecule has 146 valence electrons. The summed E-state index contributed by atoms with van der Waals surface area (Å²) in [5.41, 5.74) is 4.38. The van der Waals surface area contributed by atoms with Gasteiger partial charge in [-0.15, -0.1) is 0 Å². The number of rotatable bonds is 6. The standard InChI is InChI=1S/C23H27N3O2/c1-23(2,3)16-28-22(27)24-14-13-21-25-15-20(26-21)19-11-9-18(10-12-19)17-7-5-4-6-8-17/h4-12,15H,13-14,16H2,1-3H3,(H,24,27)(H,25,26). The van der Waals surface area contributed by atoms with Crippen LogP contribution in [0.15, 0.2) is 60.8 Å². The Labute approximate surface area is 166 Å². The third kappa shape index (κ3) is 5.71. The van der Waals surface area contributed by atoms with Crippen LogP contribution in [-0.4, -0.2) is 29.2 Å². The second-order valence-electron chi connectivity index (χ2n) is 8.00. The number of carbonyl (C=O) groups is 1. The second kappa shape index (κ2) is 8.74. The lowest BCUT2D eigenvalue weighted by Crippen LogP contribution is -2.29. The third-order valence-corrected chi connectivity index (χ3v) is 4.20. The van der Waals surface area contributed by atoms with Gasteiger partial charge in [0, 0.05) is 13.0 Å². The fourth-order valence-corrected chi connectivity index (χ4v) is 2.73. The van der Waals surface area contributed by atoms with Gasteiger partial charge in [0.1, 0.15) is 5.82 Å². The molecule has 0 saturated carbocycles. The van der Waals surface area contributed by atoms with Crippen molar-refractivity contribution in [2.24, 2.45) is 5.41 Å². The number of aromatic nitrogens is 2. The van der Waals surface area contributed by atoms with E-state index < -0.39 is 6.09 Å². The maximum Gasteiger partial charge on any atom is 0.407 e. The predicted octanol–water partition coefficient (Wildman–Crippen LogP) is 5.06. The van der Waals surface area contributed by atoms with Gasteiger partial charge in [-0.1, -0.05) is 75.4 Å². The smallest absolute Gasteiger partial charge is 0.407 e. The maximum atomic E-state index is 11.7. The van der Waals surface area contributed by atoms with Crippen molar-refractivity contribution < 1.29 is 9.53 Å². The Bertz CT molecular complexity index is 894. The number of hydrogen-bond donors (Lipinski definition) is 2. The van der Waals surface area contributed by atoms with E-state index in [0.717, 1.165) is 17.1 Å². The number of nitrogens with one attached hydrogen (secondary N) is 2. The lowest BCUT2D eigenvalue weighted by molar-refractivity contribution is 0.106. The molecule has 2 aromatic carbocycles. The van der Waals surface area contributed by atoms with Crippen molar-refractivity contribution in [3.8, 4) is 22.4 Å². The predicted molar refractivity (Wildman–Crippen MR) is 112 cm³/mol. The zero-order valence-electron chi connectivity index (χ0n) is 16.7. The van der Waals surface area contributed by atoms with Crippen LogP contribution in [0.2, 0.25) is 0 Å². The largest absolute Gasteiger partial charge is 0.449 e. The lowest BCUT2D eigenvalue weighted by Gasteiger charge is -2.17. The average Bonchev–Trinajstić information content (AvgIpc) is 3.16. The number of carbonyl (C=O) groups excluding carboxylic acids is 1. The molecule has 0 fully saturated rings. The summed E-state index contributed by atoms with van der Waals surface area (Å²) in [7, 11) is 0. The molecule has 0 spiro atoms. The van der Waals surface area contributed by atoms with Crippen LogP contribution in [0, 0.1) is 5.41 Å². The fourth-order valence-electron chi connectivity index (χ4n) is 2.73. The van der Waals surface area contributed by atoms with E-state index in [0.29, 0.717) is 19.6 Å². The van der Waals surface area contributed by atoms with Crippen LogP contribution in [0.3, 0.4) is 0 Å². The first-order valence-corrected chi connectivity index (χ1v) is 9.51. The number of H-pyrrole nitrogens is 1. The van der Waals surface area contributed by atoms with Gasteiger partial charge in [-0.2, -0.15) is 0 Å². The molecule has 0 aliphatic rings. The van der Waals surface area contributed by atoms with Crippen LogP contribution >= 0.6 is 0 Å². The molecule has 5 nitrogen and oxygen atoms in total. The van der Waals surface area contributed by atoms with E-state index in [4.69, 9.17) is 4.74 Å². The SMILES string of the molecule is CC(C)(C)COC(=O)NCCc1ncc(-c2ccc(-c3ccccc3)cc2)[nH]1. The molecule has 1 aromatic heterocycles. The van der Waals surface area contributed by atoms with Crippen LogP contribution in [0.25, 0.3) is 22.4 Å². The first-order chi connectivity index (χ1) is 13.4. The van der Waals surface area contributed by atoms with Crippen LogP contribution < -0.4 is 5.32 Å². The quantitative estimate of drug-likeness (QED) is 0.631. The highest BCUT2D eigenvalue weighted by molar-refractivity contribution is 5.68. The molecular formula is C23H27N3O2. The van der Waals surface area contributed by atoms with Gasteiger partial charge in [0.05, 0.1) is 18.5 Å². The van der Waals surface area contributed by atoms with Gasteiger partial charge < -0.3 is 15.0 Å². The first kappa shape index (κ1) is 19.7. The first-order valence-electron chi connectivity index (χ1n) is 9.51. The minimum atomic E-state index is -0.391. The van der Waals surface area contributed by atoms with Crippen molar-refractivity contribution in [2.45, 2.75) is 27.2 Å². The lowest BCUT2D eigenvalue weighted by atomic mass is 9.99. The topological polar surface area (TPSA) is 67.0 Å². The van der Waals surface area contributed by atoms with E-state index in [2.05, 4.69) is 51.7 Å². The molecule has 2 N–H and O–H groups in total. The van der Waals surface area contributed by atoms with Gasteiger partial charge in [0.2, 0.25) is 0 Å². The molecule has 0 atom stereocenters. The Morgan fingerprint density at radius 2 is 1.64 bits per heavy atom. The summed E-state index contributed by atoms with van der Waals surface area (Å²) in [5.74, 6) is 0.832. The summed E-state index contributed by atoms with van der Waals surface area (Å²) in [5, 5.41) is 2.76. The zero-order valence-corrected chi connectivity index (χ0v) is 16.7. The van der Waals surface area contributed by atoms with Crippen LogP contribution in [0.1, 0.15) is 26.6 Å². The van der Waals surface area contributed by atoms with E-state index >= 15 is 0 Å². The number of benzene rings is 2. The molecule has 0 unspecified atom stereocenters. The Morgan fingerprint density at radius 1 is 1.00 bits per heavy atom. The van der Waals surface area contributed by atoms with Gasteiger partial charge in [-0.25, -0.2) is 9.78 Å². The minimum Gasteiger partial charge on any atom is -0.449 e. The van der Waals surface area contributed by atoms with Gasteiger partial charge in [0.25, 0.3) is 0 Å². The number of amides is 1. The molecule has 0 aliphatic carbocycles. The van der Waals surface area contributed by atoms with Crippen molar-refractivity contribution in [3.63, 3.8) is 0 Å². The number of aromatic amines is 1. The van der Waals surface area contributed by atoms with E-state index in [9.17, 15) is 4.79 Å². The number of alkyl carbamates (subject to hydrolysis) is 1. The van der Waals surface area contributed by atoms with Gasteiger partial charge in [0.15, 0.2) is 0 Å². The molecule has 5 heteroatoms. The second-order valence-corrected chi connectivity index (χ2v) is 8.00. The summed E-state index contributed by atoms with van der Waals surface area (Å²) in [6.45, 7) is 6.94. The highest BCUT2D eigenvalue weighted by Gasteiger charge is 2.13. The van der Waals surface area contributed by atoms with Crippen LogP contribution in [-0.2, 0) is 11.2 Å². The molecule has 28 heavy (non-hydrogen) atoms. The maximum absolute atomic E-state index is 11.7. The van der Waals surface area contributed by atoms with Crippen LogP contribution in [0.4, 0.5) is 4.79 Å². The summed E-state index contributed by atoms with van der Waals surface area (Å²) < 4.78 is 5.19. The van der Waals surface area contributed by atoms with Crippen molar-refractivity contribution in [2.75, 3.05) is 13.2 Å². The average molecular weight is 377 g/mol. The summed E-state index contributed by atoms with van der Waals surface area (Å²) in [4.78, 5) is 19.4. The number of ether oxygens (including phenoxy) is 1. The van der Waals surface area contributed by atoms with Gasteiger partial charge in [-0.3, -0.25) is 0 Å². The van der Waals surface area contributed by atoms with E-state index in [1.54, 1.807) is 0 Å². The molecular weight excluding hydrogens is 350 g/mol. The van der Waals surface area contributed by atoms with Crippen LogP contribution in [0.5, 0.6) is 0 Å². The van der Waals surface area contributed by atoms with E-state index in [-0.39, 0.29) is 5.41 Å². The highest BCUT2D eigenvalue weighted by Crippen LogP contribution is 2.23. The normalized spacial score (nSPS) is 11.2. The Morgan fingerprint density at radius 3 is 2.32 bits per heavy atom. The Kier molecular flexibility index (Phi) is 6.14. The van der Waals surface area contributed by atoms with Crippen molar-refractivity contribution >= 4 is 6.09 Å². The molecule has 3 rings (SSSR count). The minimum absolute atomic E-state index is 0.0384. The van der Waals surface area contributed by atoms with Crippen molar-refractivity contribution in [1.29, 1.82) is 0 Å². The fraction of sp³-hybridized carbons (Fsp3) is 0.304. The Hall–Kier alpha value is -3.08. The monoisotopic (exact) mass is 377 g/mol. The van der Waals surface area contributed by atoms with Crippen molar-refractivity contribution in [1.82, 2.24) is 15.3 Å². The van der Waals surface area contributed by atoms with Gasteiger partial charge in [-0.05, 0) is 22.1 Å². The molecule has 1 heterocycles. The van der Waals surface area contributed by atoms with Crippen molar-refractivity contribution in [3.05, 3.63) is 66.6 Å². The Balaban J connectivity index is 1.52. The molecule has 3 aromatic rings. The number of imidazole rings is 1. The highest BCUT2D eigenvalue weighted by atomic mass is 16.5. The number of nitrogens with zero attached hydrogens (tertiary/aromatic N) is 1. The molecule has 0 radical (unpaired) electrons. The third-order valence-electron chi connectivity index (χ3n) is 4.20. The zero-order chi connectivity index (χ0) is 20.0.